The summed E-state index contributed by atoms with van der Waals surface area (Å²) in [6.45, 7) is 1.41. The van der Waals surface area contributed by atoms with Crippen LogP contribution in [0.15, 0.2) is 23.8 Å². The van der Waals surface area contributed by atoms with Crippen LogP contribution < -0.4 is 11.1 Å². The van der Waals surface area contributed by atoms with E-state index in [1.165, 1.54) is 11.3 Å². The predicted molar refractivity (Wildman–Crippen MR) is 66.6 cm³/mol. The number of rotatable bonds is 5. The molecule has 0 saturated carbocycles. The molecule has 2 rings (SSSR count). The summed E-state index contributed by atoms with van der Waals surface area (Å²) in [5.74, 6) is 0.605. The van der Waals surface area contributed by atoms with Gasteiger partial charge in [-0.2, -0.15) is 0 Å². The van der Waals surface area contributed by atoms with E-state index >= 15 is 0 Å². The standard InChI is InChI=1S/C11H14N4OS/c1-15-3-2-14-10(15)6-13-5-9-4-8(7-17-9)11(12)16/h2-4,7,13H,5-6H2,1H3,(H2,12,16). The van der Waals surface area contributed by atoms with Crippen LogP contribution in [0, 0.1) is 0 Å². The maximum atomic E-state index is 10.9. The number of nitrogens with two attached hydrogens (primary N) is 1. The van der Waals surface area contributed by atoms with Gasteiger partial charge < -0.3 is 15.6 Å². The molecule has 0 aromatic carbocycles. The van der Waals surface area contributed by atoms with E-state index in [0.29, 0.717) is 18.7 Å². The lowest BCUT2D eigenvalue weighted by atomic mass is 10.3. The Hall–Kier alpha value is -1.66. The summed E-state index contributed by atoms with van der Waals surface area (Å²) in [4.78, 5) is 16.2. The second-order valence-electron chi connectivity index (χ2n) is 3.72. The molecule has 1 amide bonds. The molecule has 3 N–H and O–H groups in total. The number of primary amides is 1. The first-order valence-electron chi connectivity index (χ1n) is 5.21. The SMILES string of the molecule is Cn1ccnc1CNCc1cc(C(N)=O)cs1. The number of hydrogen-bond acceptors (Lipinski definition) is 4. The van der Waals surface area contributed by atoms with E-state index in [2.05, 4.69) is 10.3 Å². The van der Waals surface area contributed by atoms with Crippen LogP contribution in [-0.2, 0) is 20.1 Å². The minimum atomic E-state index is -0.378. The number of hydrogen-bond donors (Lipinski definition) is 2. The number of imidazole rings is 1. The van der Waals surface area contributed by atoms with Crippen molar-refractivity contribution >= 4 is 17.2 Å². The molecule has 0 unspecified atom stereocenters. The van der Waals surface area contributed by atoms with Crippen LogP contribution in [0.4, 0.5) is 0 Å². The Morgan fingerprint density at radius 2 is 2.41 bits per heavy atom. The molecule has 2 heterocycles. The number of aromatic nitrogens is 2. The van der Waals surface area contributed by atoms with Crippen molar-refractivity contribution in [3.8, 4) is 0 Å². The number of thiophene rings is 1. The molecule has 90 valence electrons. The van der Waals surface area contributed by atoms with Gasteiger partial charge in [0.25, 0.3) is 0 Å². The number of amides is 1. The maximum Gasteiger partial charge on any atom is 0.249 e. The second-order valence-corrected chi connectivity index (χ2v) is 4.72. The third-order valence-corrected chi connectivity index (χ3v) is 3.38. The van der Waals surface area contributed by atoms with Crippen molar-refractivity contribution in [2.24, 2.45) is 12.8 Å². The van der Waals surface area contributed by atoms with Crippen molar-refractivity contribution in [1.82, 2.24) is 14.9 Å². The Bertz CT molecular complexity index is 517. The zero-order valence-corrected chi connectivity index (χ0v) is 10.3. The topological polar surface area (TPSA) is 72.9 Å². The summed E-state index contributed by atoms with van der Waals surface area (Å²) in [7, 11) is 1.96. The normalized spacial score (nSPS) is 10.6. The van der Waals surface area contributed by atoms with Crippen LogP contribution in [0.3, 0.4) is 0 Å². The highest BCUT2D eigenvalue weighted by Gasteiger charge is 2.04. The van der Waals surface area contributed by atoms with Crippen molar-refractivity contribution in [2.75, 3.05) is 0 Å². The summed E-state index contributed by atoms with van der Waals surface area (Å²) < 4.78 is 1.97. The molecule has 0 radical (unpaired) electrons. The van der Waals surface area contributed by atoms with Crippen LogP contribution in [-0.4, -0.2) is 15.5 Å². The van der Waals surface area contributed by atoms with Crippen molar-refractivity contribution < 1.29 is 4.79 Å². The molecule has 17 heavy (non-hydrogen) atoms. The van der Waals surface area contributed by atoms with Gasteiger partial charge in [0.1, 0.15) is 5.82 Å². The Kier molecular flexibility index (Phi) is 3.55. The molecule has 0 fully saturated rings. The molecule has 0 spiro atoms. The molecule has 2 aromatic heterocycles. The number of carbonyl (C=O) groups is 1. The van der Waals surface area contributed by atoms with Gasteiger partial charge in [-0.15, -0.1) is 11.3 Å². The van der Waals surface area contributed by atoms with Gasteiger partial charge in [-0.25, -0.2) is 4.98 Å². The van der Waals surface area contributed by atoms with Crippen LogP contribution >= 0.6 is 11.3 Å². The van der Waals surface area contributed by atoms with Crippen LogP contribution in [0.25, 0.3) is 0 Å². The fourth-order valence-corrected chi connectivity index (χ4v) is 2.31. The van der Waals surface area contributed by atoms with Crippen molar-refractivity contribution in [3.05, 3.63) is 40.1 Å². The maximum absolute atomic E-state index is 10.9. The number of aryl methyl sites for hydroxylation is 1. The molecular formula is C11H14N4OS. The average molecular weight is 250 g/mol. The molecular weight excluding hydrogens is 236 g/mol. The zero-order valence-electron chi connectivity index (χ0n) is 9.51. The van der Waals surface area contributed by atoms with E-state index < -0.39 is 0 Å². The van der Waals surface area contributed by atoms with Crippen LogP contribution in [0.5, 0.6) is 0 Å². The zero-order chi connectivity index (χ0) is 12.3. The molecule has 0 aliphatic carbocycles. The van der Waals surface area contributed by atoms with Gasteiger partial charge in [-0.3, -0.25) is 4.79 Å². The van der Waals surface area contributed by atoms with E-state index in [4.69, 9.17) is 5.73 Å². The molecule has 6 heteroatoms. The minimum absolute atomic E-state index is 0.378. The first-order valence-corrected chi connectivity index (χ1v) is 6.09. The summed E-state index contributed by atoms with van der Waals surface area (Å²) in [6.07, 6.45) is 3.68. The van der Waals surface area contributed by atoms with Gasteiger partial charge in [0, 0.05) is 36.2 Å². The molecule has 0 aliphatic rings. The highest BCUT2D eigenvalue weighted by atomic mass is 32.1. The van der Waals surface area contributed by atoms with E-state index in [1.54, 1.807) is 11.6 Å². The van der Waals surface area contributed by atoms with E-state index in [-0.39, 0.29) is 5.91 Å². The van der Waals surface area contributed by atoms with E-state index in [0.717, 1.165) is 10.7 Å². The summed E-state index contributed by atoms with van der Waals surface area (Å²) in [6, 6.07) is 1.82. The van der Waals surface area contributed by atoms with Crippen molar-refractivity contribution in [2.45, 2.75) is 13.1 Å². The largest absolute Gasteiger partial charge is 0.366 e. The van der Waals surface area contributed by atoms with E-state index in [1.807, 2.05) is 23.9 Å². The predicted octanol–water partition coefficient (Wildman–Crippen LogP) is 0.870. The first-order chi connectivity index (χ1) is 8.16. The van der Waals surface area contributed by atoms with E-state index in [9.17, 15) is 4.79 Å². The molecule has 5 nitrogen and oxygen atoms in total. The number of carbonyl (C=O) groups excluding carboxylic acids is 1. The lowest BCUT2D eigenvalue weighted by molar-refractivity contribution is 0.100. The lowest BCUT2D eigenvalue weighted by Crippen LogP contribution is -2.15. The molecule has 0 saturated heterocycles. The fraction of sp³-hybridized carbons (Fsp3) is 0.273. The average Bonchev–Trinajstić information content (AvgIpc) is 2.89. The van der Waals surface area contributed by atoms with Gasteiger partial charge in [0.05, 0.1) is 12.1 Å². The summed E-state index contributed by atoms with van der Waals surface area (Å²) in [5.41, 5.74) is 5.76. The first kappa shape index (κ1) is 11.8. The molecule has 0 bridgehead atoms. The van der Waals surface area contributed by atoms with Gasteiger partial charge in [0.2, 0.25) is 5.91 Å². The highest BCUT2D eigenvalue weighted by Crippen LogP contribution is 2.13. The number of nitrogens with zero attached hydrogens (tertiary/aromatic N) is 2. The fourth-order valence-electron chi connectivity index (χ4n) is 1.47. The van der Waals surface area contributed by atoms with Crippen molar-refractivity contribution in [1.29, 1.82) is 0 Å². The quantitative estimate of drug-likeness (QED) is 0.827. The monoisotopic (exact) mass is 250 g/mol. The van der Waals surface area contributed by atoms with Gasteiger partial charge in [-0.1, -0.05) is 0 Å². The van der Waals surface area contributed by atoms with Gasteiger partial charge in [-0.05, 0) is 6.07 Å². The smallest absolute Gasteiger partial charge is 0.249 e. The van der Waals surface area contributed by atoms with Gasteiger partial charge >= 0.3 is 0 Å². The van der Waals surface area contributed by atoms with Crippen LogP contribution in [0.2, 0.25) is 0 Å². The molecule has 2 aromatic rings. The Labute approximate surface area is 103 Å². The lowest BCUT2D eigenvalue weighted by Gasteiger charge is -2.02. The third kappa shape index (κ3) is 2.92. The molecule has 0 atom stereocenters. The van der Waals surface area contributed by atoms with Crippen molar-refractivity contribution in [3.63, 3.8) is 0 Å². The van der Waals surface area contributed by atoms with Gasteiger partial charge in [0.15, 0.2) is 0 Å². The summed E-state index contributed by atoms with van der Waals surface area (Å²) in [5, 5.41) is 5.05. The Morgan fingerprint density at radius 3 is 3.00 bits per heavy atom. The second kappa shape index (κ2) is 5.11. The highest BCUT2D eigenvalue weighted by molar-refractivity contribution is 7.10. The van der Waals surface area contributed by atoms with Crippen LogP contribution in [0.1, 0.15) is 21.1 Å². The summed E-state index contributed by atoms with van der Waals surface area (Å²) >= 11 is 1.53. The third-order valence-electron chi connectivity index (χ3n) is 2.44. The number of nitrogens with one attached hydrogen (secondary N) is 1. The Morgan fingerprint density at radius 1 is 1.59 bits per heavy atom. The molecule has 0 aliphatic heterocycles. The minimum Gasteiger partial charge on any atom is -0.366 e. The Balaban J connectivity index is 1.86.